The predicted molar refractivity (Wildman–Crippen MR) is 108 cm³/mol. The molecule has 0 amide bonds. The summed E-state index contributed by atoms with van der Waals surface area (Å²) in [6, 6.07) is 12.9. The fourth-order valence-corrected chi connectivity index (χ4v) is 2.66. The third-order valence-corrected chi connectivity index (χ3v) is 3.95. The van der Waals surface area contributed by atoms with Crippen molar-refractivity contribution in [3.05, 3.63) is 48.7 Å². The molecule has 8 heteroatoms. The average molecular weight is 382 g/mol. The minimum atomic E-state index is 0.432. The number of nitrogens with zero attached hydrogens (tertiary/aromatic N) is 2. The van der Waals surface area contributed by atoms with Crippen molar-refractivity contribution in [1.82, 2.24) is 9.97 Å². The van der Waals surface area contributed by atoms with Crippen molar-refractivity contribution in [2.45, 2.75) is 0 Å². The van der Waals surface area contributed by atoms with Crippen LogP contribution in [0.3, 0.4) is 0 Å². The molecule has 3 aromatic rings. The van der Waals surface area contributed by atoms with Gasteiger partial charge in [0.15, 0.2) is 11.5 Å². The predicted octanol–water partition coefficient (Wildman–Crippen LogP) is 4.00. The minimum absolute atomic E-state index is 0.432. The molecule has 8 nitrogen and oxygen atoms in total. The van der Waals surface area contributed by atoms with E-state index in [9.17, 15) is 0 Å². The van der Waals surface area contributed by atoms with Gasteiger partial charge in [-0.05, 0) is 18.2 Å². The number of benzene rings is 2. The first kappa shape index (κ1) is 19.1. The van der Waals surface area contributed by atoms with Crippen molar-refractivity contribution < 1.29 is 18.9 Å². The third-order valence-electron chi connectivity index (χ3n) is 3.95. The number of hydrogen-bond donors (Lipinski definition) is 2. The van der Waals surface area contributed by atoms with Crippen molar-refractivity contribution in [2.24, 2.45) is 0 Å². The van der Waals surface area contributed by atoms with Gasteiger partial charge < -0.3 is 29.6 Å². The van der Waals surface area contributed by atoms with Crippen LogP contribution in [0.4, 0.5) is 23.1 Å². The average Bonchev–Trinajstić information content (AvgIpc) is 2.73. The van der Waals surface area contributed by atoms with Gasteiger partial charge in [-0.25, -0.2) is 4.98 Å². The molecule has 0 atom stereocenters. The van der Waals surface area contributed by atoms with Crippen LogP contribution in [-0.4, -0.2) is 38.4 Å². The van der Waals surface area contributed by atoms with Crippen LogP contribution in [0, 0.1) is 0 Å². The van der Waals surface area contributed by atoms with E-state index in [0.717, 1.165) is 11.4 Å². The molecule has 0 aliphatic rings. The summed E-state index contributed by atoms with van der Waals surface area (Å²) in [5.74, 6) is 3.35. The fraction of sp³-hybridized carbons (Fsp3) is 0.200. The lowest BCUT2D eigenvalue weighted by Gasteiger charge is -2.15. The molecule has 28 heavy (non-hydrogen) atoms. The molecule has 146 valence electrons. The van der Waals surface area contributed by atoms with Crippen molar-refractivity contribution in [3.8, 4) is 23.0 Å². The van der Waals surface area contributed by atoms with Crippen LogP contribution in [0.25, 0.3) is 0 Å². The summed E-state index contributed by atoms with van der Waals surface area (Å²) in [6.07, 6.45) is 1.66. The summed E-state index contributed by atoms with van der Waals surface area (Å²) in [7, 11) is 6.32. The monoisotopic (exact) mass is 382 g/mol. The summed E-state index contributed by atoms with van der Waals surface area (Å²) in [4.78, 5) is 8.75. The molecule has 0 saturated carbocycles. The molecule has 0 spiro atoms. The van der Waals surface area contributed by atoms with Crippen molar-refractivity contribution in [2.75, 3.05) is 39.1 Å². The smallest absolute Gasteiger partial charge is 0.229 e. The molecule has 2 aromatic carbocycles. The number of rotatable bonds is 8. The SMILES string of the molecule is COc1ccccc1Nc1nccc(Nc2cc(OC)c(OC)c(OC)c2)n1. The first-order valence-corrected chi connectivity index (χ1v) is 8.48. The highest BCUT2D eigenvalue weighted by Gasteiger charge is 2.14. The third kappa shape index (κ3) is 4.17. The highest BCUT2D eigenvalue weighted by atomic mass is 16.5. The second-order valence-electron chi connectivity index (χ2n) is 5.63. The lowest BCUT2D eigenvalue weighted by Crippen LogP contribution is -2.02. The summed E-state index contributed by atoms with van der Waals surface area (Å²) < 4.78 is 21.5. The molecule has 1 heterocycles. The molecule has 0 aliphatic carbocycles. The Kier molecular flexibility index (Phi) is 6.01. The molecule has 3 rings (SSSR count). The summed E-state index contributed by atoms with van der Waals surface area (Å²) in [5, 5.41) is 6.38. The molecule has 1 aromatic heterocycles. The molecular weight excluding hydrogens is 360 g/mol. The minimum Gasteiger partial charge on any atom is -0.495 e. The van der Waals surface area contributed by atoms with Gasteiger partial charge in [-0.2, -0.15) is 4.98 Å². The van der Waals surface area contributed by atoms with Gasteiger partial charge in [-0.1, -0.05) is 12.1 Å². The largest absolute Gasteiger partial charge is 0.495 e. The van der Waals surface area contributed by atoms with Gasteiger partial charge in [-0.3, -0.25) is 0 Å². The summed E-state index contributed by atoms with van der Waals surface area (Å²) >= 11 is 0. The van der Waals surface area contributed by atoms with Gasteiger partial charge in [-0.15, -0.1) is 0 Å². The molecular formula is C20H22N4O4. The maximum Gasteiger partial charge on any atom is 0.229 e. The maximum atomic E-state index is 5.38. The number of ether oxygens (including phenoxy) is 4. The van der Waals surface area contributed by atoms with E-state index in [4.69, 9.17) is 18.9 Å². The van der Waals surface area contributed by atoms with E-state index in [1.165, 1.54) is 0 Å². The number of anilines is 4. The molecule has 0 fully saturated rings. The number of aromatic nitrogens is 2. The fourth-order valence-electron chi connectivity index (χ4n) is 2.66. The van der Waals surface area contributed by atoms with Crippen molar-refractivity contribution in [1.29, 1.82) is 0 Å². The highest BCUT2D eigenvalue weighted by molar-refractivity contribution is 5.68. The Hall–Kier alpha value is -3.68. The van der Waals surface area contributed by atoms with E-state index >= 15 is 0 Å². The van der Waals surface area contributed by atoms with Crippen LogP contribution in [0.5, 0.6) is 23.0 Å². The molecule has 2 N–H and O–H groups in total. The Bertz CT molecular complexity index is 924. The molecule has 0 unspecified atom stereocenters. The van der Waals surface area contributed by atoms with E-state index < -0.39 is 0 Å². The second-order valence-corrected chi connectivity index (χ2v) is 5.63. The first-order valence-electron chi connectivity index (χ1n) is 8.48. The van der Waals surface area contributed by atoms with Crippen LogP contribution in [-0.2, 0) is 0 Å². The van der Waals surface area contributed by atoms with Gasteiger partial charge in [0.25, 0.3) is 0 Å². The standard InChI is InChI=1S/C20H22N4O4/c1-25-15-8-6-5-7-14(15)23-20-21-10-9-18(24-20)22-13-11-16(26-2)19(28-4)17(12-13)27-3/h5-12H,1-4H3,(H2,21,22,23,24). The van der Waals surface area contributed by atoms with Crippen LogP contribution in [0.1, 0.15) is 0 Å². The molecule has 0 radical (unpaired) electrons. The number of nitrogens with one attached hydrogen (secondary N) is 2. The van der Waals surface area contributed by atoms with Crippen LogP contribution < -0.4 is 29.6 Å². The Labute approximate surface area is 163 Å². The normalized spacial score (nSPS) is 10.1. The van der Waals surface area contributed by atoms with E-state index in [1.54, 1.807) is 52.8 Å². The zero-order chi connectivity index (χ0) is 19.9. The number of hydrogen-bond acceptors (Lipinski definition) is 8. The van der Waals surface area contributed by atoms with Crippen molar-refractivity contribution >= 4 is 23.1 Å². The lowest BCUT2D eigenvalue weighted by molar-refractivity contribution is 0.324. The molecule has 0 bridgehead atoms. The van der Waals surface area contributed by atoms with Crippen LogP contribution in [0.15, 0.2) is 48.7 Å². The molecule has 0 aliphatic heterocycles. The van der Waals surface area contributed by atoms with Gasteiger partial charge >= 0.3 is 0 Å². The van der Waals surface area contributed by atoms with Gasteiger partial charge in [0.1, 0.15) is 11.6 Å². The van der Waals surface area contributed by atoms with Gasteiger partial charge in [0, 0.05) is 24.0 Å². The van der Waals surface area contributed by atoms with Crippen LogP contribution >= 0.6 is 0 Å². The van der Waals surface area contributed by atoms with Crippen molar-refractivity contribution in [3.63, 3.8) is 0 Å². The Morgan fingerprint density at radius 1 is 0.750 bits per heavy atom. The van der Waals surface area contributed by atoms with E-state index in [0.29, 0.717) is 34.8 Å². The van der Waals surface area contributed by atoms with E-state index in [-0.39, 0.29) is 0 Å². The Balaban J connectivity index is 1.85. The quantitative estimate of drug-likeness (QED) is 0.605. The zero-order valence-corrected chi connectivity index (χ0v) is 16.1. The Morgan fingerprint density at radius 3 is 2.07 bits per heavy atom. The number of methoxy groups -OCH3 is 4. The second kappa shape index (κ2) is 8.81. The maximum absolute atomic E-state index is 5.38. The molecule has 0 saturated heterocycles. The zero-order valence-electron chi connectivity index (χ0n) is 16.1. The lowest BCUT2D eigenvalue weighted by atomic mass is 10.2. The first-order chi connectivity index (χ1) is 13.7. The highest BCUT2D eigenvalue weighted by Crippen LogP contribution is 2.40. The van der Waals surface area contributed by atoms with Crippen LogP contribution in [0.2, 0.25) is 0 Å². The van der Waals surface area contributed by atoms with Gasteiger partial charge in [0.2, 0.25) is 11.7 Å². The van der Waals surface area contributed by atoms with E-state index in [1.807, 2.05) is 24.3 Å². The van der Waals surface area contributed by atoms with Gasteiger partial charge in [0.05, 0.1) is 34.1 Å². The Morgan fingerprint density at radius 2 is 1.43 bits per heavy atom. The topological polar surface area (TPSA) is 86.8 Å². The summed E-state index contributed by atoms with van der Waals surface area (Å²) in [6.45, 7) is 0. The summed E-state index contributed by atoms with van der Waals surface area (Å²) in [5.41, 5.74) is 1.51. The number of para-hydroxylation sites is 2. The van der Waals surface area contributed by atoms with E-state index in [2.05, 4.69) is 20.6 Å².